The molecule has 5 nitrogen and oxygen atoms in total. The maximum atomic E-state index is 4.34. The molecule has 2 rings (SSSR count). The van der Waals surface area contributed by atoms with E-state index in [1.807, 2.05) is 31.4 Å². The van der Waals surface area contributed by atoms with E-state index in [-0.39, 0.29) is 0 Å². The summed E-state index contributed by atoms with van der Waals surface area (Å²) >= 11 is 3.36. The molecule has 0 saturated heterocycles. The minimum Gasteiger partial charge on any atom is -0.365 e. The number of aryl methyl sites for hydroxylation is 1. The highest BCUT2D eigenvalue weighted by atomic mass is 79.9. The van der Waals surface area contributed by atoms with Gasteiger partial charge < -0.3 is 5.32 Å². The predicted octanol–water partition coefficient (Wildman–Crippen LogP) is 3.04. The van der Waals surface area contributed by atoms with Gasteiger partial charge in [-0.3, -0.25) is 4.40 Å². The van der Waals surface area contributed by atoms with Gasteiger partial charge in [0.1, 0.15) is 10.4 Å². The highest BCUT2D eigenvalue weighted by Crippen LogP contribution is 2.18. The fraction of sp³-hybridized carbons (Fsp3) is 0.545. The zero-order chi connectivity index (χ0) is 13.0. The lowest BCUT2D eigenvalue weighted by molar-refractivity contribution is 0.883. The van der Waals surface area contributed by atoms with Crippen molar-refractivity contribution in [2.24, 2.45) is 0 Å². The van der Waals surface area contributed by atoms with Crippen LogP contribution in [0.1, 0.15) is 33.5 Å². The van der Waals surface area contributed by atoms with Crippen LogP contribution in [0.3, 0.4) is 0 Å². The van der Waals surface area contributed by atoms with E-state index in [2.05, 4.69) is 50.3 Å². The van der Waals surface area contributed by atoms with Gasteiger partial charge in [0, 0.05) is 12.2 Å². The van der Waals surface area contributed by atoms with Crippen LogP contribution in [0.2, 0.25) is 0 Å². The number of halogens is 1. The van der Waals surface area contributed by atoms with Crippen molar-refractivity contribution < 1.29 is 0 Å². The lowest BCUT2D eigenvalue weighted by atomic mass is 10.4. The first-order chi connectivity index (χ1) is 8.08. The van der Waals surface area contributed by atoms with Crippen molar-refractivity contribution in [3.05, 3.63) is 16.6 Å². The normalized spacial score (nSPS) is 10.3. The maximum absolute atomic E-state index is 4.34. The highest BCUT2D eigenvalue weighted by Gasteiger charge is 2.10. The molecule has 0 atom stereocenters. The van der Waals surface area contributed by atoms with Crippen molar-refractivity contribution in [1.29, 1.82) is 0 Å². The summed E-state index contributed by atoms with van der Waals surface area (Å²) in [6, 6.07) is 0.313. The Morgan fingerprint density at radius 2 is 1.94 bits per heavy atom. The molecule has 2 heterocycles. The minimum absolute atomic E-state index is 0.313. The van der Waals surface area contributed by atoms with Gasteiger partial charge in [0.25, 0.3) is 0 Å². The molecule has 0 aliphatic heterocycles. The molecule has 0 saturated carbocycles. The summed E-state index contributed by atoms with van der Waals surface area (Å²) in [5, 5.41) is 11.3. The van der Waals surface area contributed by atoms with Crippen LogP contribution in [0.5, 0.6) is 0 Å². The van der Waals surface area contributed by atoms with E-state index in [0.29, 0.717) is 6.04 Å². The summed E-state index contributed by atoms with van der Waals surface area (Å²) in [5.41, 5.74) is 0.754. The van der Waals surface area contributed by atoms with Crippen LogP contribution in [0.25, 0.3) is 5.65 Å². The van der Waals surface area contributed by atoms with Gasteiger partial charge in [0.15, 0.2) is 5.82 Å². The smallest absolute Gasteiger partial charge is 0.203 e. The van der Waals surface area contributed by atoms with E-state index >= 15 is 0 Å². The SMILES string of the molecule is CC.Cc1nnc2c(NC(C)C)nc(Br)cn12. The number of hydrogen-bond donors (Lipinski definition) is 1. The molecule has 0 amide bonds. The molecule has 0 unspecified atom stereocenters. The zero-order valence-corrected chi connectivity index (χ0v) is 12.4. The van der Waals surface area contributed by atoms with Crippen LogP contribution in [0.4, 0.5) is 5.82 Å². The van der Waals surface area contributed by atoms with E-state index in [1.165, 1.54) is 0 Å². The number of hydrogen-bond acceptors (Lipinski definition) is 4. The number of aromatic nitrogens is 4. The fourth-order valence-electron chi connectivity index (χ4n) is 1.35. The molecule has 0 aliphatic carbocycles. The van der Waals surface area contributed by atoms with E-state index in [4.69, 9.17) is 0 Å². The first-order valence-electron chi connectivity index (χ1n) is 5.72. The lowest BCUT2D eigenvalue weighted by Gasteiger charge is -2.09. The first-order valence-corrected chi connectivity index (χ1v) is 6.51. The van der Waals surface area contributed by atoms with E-state index in [0.717, 1.165) is 21.9 Å². The predicted molar refractivity (Wildman–Crippen MR) is 73.3 cm³/mol. The van der Waals surface area contributed by atoms with Crippen molar-refractivity contribution in [2.75, 3.05) is 5.32 Å². The number of rotatable bonds is 2. The monoisotopic (exact) mass is 299 g/mol. The van der Waals surface area contributed by atoms with Crippen LogP contribution in [-0.2, 0) is 0 Å². The summed E-state index contributed by atoms with van der Waals surface area (Å²) in [4.78, 5) is 4.34. The van der Waals surface area contributed by atoms with Gasteiger partial charge in [-0.25, -0.2) is 4.98 Å². The average Bonchev–Trinajstić information content (AvgIpc) is 2.63. The Balaban J connectivity index is 0.000000686. The van der Waals surface area contributed by atoms with E-state index < -0.39 is 0 Å². The molecular formula is C11H18BrN5. The fourth-order valence-corrected chi connectivity index (χ4v) is 1.73. The summed E-state index contributed by atoms with van der Waals surface area (Å²) in [7, 11) is 0. The second kappa shape index (κ2) is 5.95. The van der Waals surface area contributed by atoms with Crippen molar-refractivity contribution in [3.8, 4) is 0 Å². The molecule has 0 spiro atoms. The summed E-state index contributed by atoms with van der Waals surface area (Å²) < 4.78 is 2.67. The lowest BCUT2D eigenvalue weighted by Crippen LogP contribution is -2.12. The van der Waals surface area contributed by atoms with Crippen molar-refractivity contribution >= 4 is 27.4 Å². The third kappa shape index (κ3) is 3.15. The maximum Gasteiger partial charge on any atom is 0.203 e. The van der Waals surface area contributed by atoms with Gasteiger partial charge in [-0.1, -0.05) is 13.8 Å². The molecule has 2 aromatic heterocycles. The Morgan fingerprint density at radius 1 is 1.29 bits per heavy atom. The Hall–Kier alpha value is -1.17. The zero-order valence-electron chi connectivity index (χ0n) is 10.8. The number of fused-ring (bicyclic) bond motifs is 1. The third-order valence-electron chi connectivity index (χ3n) is 1.96. The molecule has 0 aromatic carbocycles. The Labute approximate surface area is 110 Å². The summed E-state index contributed by atoms with van der Waals surface area (Å²) in [6.45, 7) is 10.0. The largest absolute Gasteiger partial charge is 0.365 e. The summed E-state index contributed by atoms with van der Waals surface area (Å²) in [6.07, 6.45) is 1.86. The van der Waals surface area contributed by atoms with Crippen LogP contribution in [0, 0.1) is 6.92 Å². The Kier molecular flexibility index (Phi) is 4.86. The summed E-state index contributed by atoms with van der Waals surface area (Å²) in [5.74, 6) is 1.60. The van der Waals surface area contributed by atoms with Gasteiger partial charge >= 0.3 is 0 Å². The van der Waals surface area contributed by atoms with Crippen LogP contribution in [-0.4, -0.2) is 25.6 Å². The topological polar surface area (TPSA) is 55.1 Å². The molecule has 0 fully saturated rings. The molecular weight excluding hydrogens is 282 g/mol. The Morgan fingerprint density at radius 3 is 2.53 bits per heavy atom. The number of nitrogens with zero attached hydrogens (tertiary/aromatic N) is 4. The van der Waals surface area contributed by atoms with Gasteiger partial charge in [0.05, 0.1) is 0 Å². The minimum atomic E-state index is 0.313. The van der Waals surface area contributed by atoms with Crippen LogP contribution >= 0.6 is 15.9 Å². The quantitative estimate of drug-likeness (QED) is 0.926. The van der Waals surface area contributed by atoms with Gasteiger partial charge in [-0.2, -0.15) is 0 Å². The standard InChI is InChI=1S/C9H12BrN5.C2H6/c1-5(2)11-8-9-14-13-6(3)15(9)4-7(10)12-8;1-2/h4-5H,1-3H3,(H,11,12);1-2H3. The van der Waals surface area contributed by atoms with Crippen molar-refractivity contribution in [1.82, 2.24) is 19.6 Å². The van der Waals surface area contributed by atoms with Crippen molar-refractivity contribution in [3.63, 3.8) is 0 Å². The second-order valence-electron chi connectivity index (χ2n) is 3.65. The molecule has 94 valence electrons. The van der Waals surface area contributed by atoms with Crippen molar-refractivity contribution in [2.45, 2.75) is 40.7 Å². The van der Waals surface area contributed by atoms with E-state index in [1.54, 1.807) is 0 Å². The molecule has 17 heavy (non-hydrogen) atoms. The van der Waals surface area contributed by atoms with Gasteiger partial charge in [-0.15, -0.1) is 10.2 Å². The molecule has 0 bridgehead atoms. The Bertz CT molecular complexity index is 492. The second-order valence-corrected chi connectivity index (χ2v) is 4.46. The highest BCUT2D eigenvalue weighted by molar-refractivity contribution is 9.10. The number of nitrogens with one attached hydrogen (secondary N) is 1. The van der Waals surface area contributed by atoms with Crippen LogP contribution < -0.4 is 5.32 Å². The average molecular weight is 300 g/mol. The first kappa shape index (κ1) is 13.9. The van der Waals surface area contributed by atoms with Crippen LogP contribution in [0.15, 0.2) is 10.8 Å². The molecule has 1 N–H and O–H groups in total. The van der Waals surface area contributed by atoms with E-state index in [9.17, 15) is 0 Å². The third-order valence-corrected chi connectivity index (χ3v) is 2.34. The van der Waals surface area contributed by atoms with Gasteiger partial charge in [0.2, 0.25) is 5.65 Å². The molecule has 6 heteroatoms. The molecule has 0 radical (unpaired) electrons. The molecule has 2 aromatic rings. The number of anilines is 1. The van der Waals surface area contributed by atoms with Gasteiger partial charge in [-0.05, 0) is 36.7 Å². The molecule has 0 aliphatic rings.